The molecule has 0 fully saturated rings. The molecule has 9 heteroatoms. The van der Waals surface area contributed by atoms with Gasteiger partial charge < -0.3 is 5.73 Å². The molecule has 1 rings (SSSR count). The van der Waals surface area contributed by atoms with E-state index in [9.17, 15) is 18.5 Å². The van der Waals surface area contributed by atoms with Crippen LogP contribution in [0.1, 0.15) is 12.8 Å². The molecule has 0 aromatic heterocycles. The highest BCUT2D eigenvalue weighted by Crippen LogP contribution is 2.25. The van der Waals surface area contributed by atoms with Crippen molar-refractivity contribution >= 4 is 33.2 Å². The maximum Gasteiger partial charge on any atom is 0.289 e. The number of anilines is 1. The Labute approximate surface area is 122 Å². The summed E-state index contributed by atoms with van der Waals surface area (Å²) in [4.78, 5) is 9.73. The van der Waals surface area contributed by atoms with Crippen molar-refractivity contribution in [2.24, 2.45) is 0 Å². The van der Waals surface area contributed by atoms with Gasteiger partial charge >= 0.3 is 0 Å². The number of thioether (sulfide) groups is 1. The molecule has 1 aromatic carbocycles. The summed E-state index contributed by atoms with van der Waals surface area (Å²) in [6.45, 7) is 0.245. The van der Waals surface area contributed by atoms with Gasteiger partial charge in [0.15, 0.2) is 4.90 Å². The van der Waals surface area contributed by atoms with Crippen molar-refractivity contribution in [1.82, 2.24) is 4.72 Å². The molecule has 1 aromatic rings. The van der Waals surface area contributed by atoms with Gasteiger partial charge in [0.1, 0.15) is 0 Å². The van der Waals surface area contributed by atoms with Crippen LogP contribution in [-0.4, -0.2) is 31.9 Å². The van der Waals surface area contributed by atoms with Crippen LogP contribution in [0.2, 0.25) is 0 Å². The Kier molecular flexibility index (Phi) is 6.24. The molecule has 0 saturated heterocycles. The summed E-state index contributed by atoms with van der Waals surface area (Å²) in [5, 5.41) is 10.9. The fraction of sp³-hybridized carbons (Fsp3) is 0.455. The van der Waals surface area contributed by atoms with Gasteiger partial charge in [0.05, 0.1) is 4.92 Å². The zero-order valence-electron chi connectivity index (χ0n) is 11.0. The van der Waals surface area contributed by atoms with Crippen molar-refractivity contribution in [3.8, 4) is 0 Å². The first kappa shape index (κ1) is 16.7. The Balaban J connectivity index is 2.86. The van der Waals surface area contributed by atoms with E-state index in [1.54, 1.807) is 11.8 Å². The lowest BCUT2D eigenvalue weighted by atomic mass is 10.3. The molecule has 112 valence electrons. The fourth-order valence-corrected chi connectivity index (χ4v) is 3.32. The average Bonchev–Trinajstić information content (AvgIpc) is 2.38. The van der Waals surface area contributed by atoms with E-state index in [4.69, 9.17) is 5.73 Å². The summed E-state index contributed by atoms with van der Waals surface area (Å²) < 4.78 is 26.5. The predicted octanol–water partition coefficient (Wildman–Crippen LogP) is 1.60. The molecule has 0 aliphatic heterocycles. The molecule has 0 spiro atoms. The number of nitrogen functional groups attached to an aromatic ring is 1. The molecule has 0 amide bonds. The second kappa shape index (κ2) is 7.46. The van der Waals surface area contributed by atoms with Gasteiger partial charge in [-0.15, -0.1) is 0 Å². The van der Waals surface area contributed by atoms with E-state index in [2.05, 4.69) is 4.72 Å². The van der Waals surface area contributed by atoms with Gasteiger partial charge in [-0.3, -0.25) is 10.1 Å². The van der Waals surface area contributed by atoms with Gasteiger partial charge in [-0.1, -0.05) is 0 Å². The van der Waals surface area contributed by atoms with Gasteiger partial charge in [0.2, 0.25) is 10.0 Å². The van der Waals surface area contributed by atoms with E-state index in [-0.39, 0.29) is 12.2 Å². The molecule has 0 heterocycles. The molecule has 20 heavy (non-hydrogen) atoms. The Morgan fingerprint density at radius 1 is 1.40 bits per heavy atom. The van der Waals surface area contributed by atoms with E-state index in [1.165, 1.54) is 6.07 Å². The minimum Gasteiger partial charge on any atom is -0.399 e. The smallest absolute Gasteiger partial charge is 0.289 e. The third kappa shape index (κ3) is 4.66. The molecule has 0 aliphatic carbocycles. The van der Waals surface area contributed by atoms with Crippen LogP contribution in [0.3, 0.4) is 0 Å². The van der Waals surface area contributed by atoms with Crippen molar-refractivity contribution < 1.29 is 13.3 Å². The third-order valence-electron chi connectivity index (χ3n) is 2.54. The van der Waals surface area contributed by atoms with Crippen molar-refractivity contribution in [2.75, 3.05) is 24.3 Å². The quantitative estimate of drug-likeness (QED) is 0.325. The van der Waals surface area contributed by atoms with Crippen LogP contribution in [0.4, 0.5) is 11.4 Å². The highest BCUT2D eigenvalue weighted by molar-refractivity contribution is 7.98. The van der Waals surface area contributed by atoms with Gasteiger partial charge in [-0.05, 0) is 37.0 Å². The van der Waals surface area contributed by atoms with Gasteiger partial charge in [-0.25, -0.2) is 13.1 Å². The molecule has 0 radical (unpaired) electrons. The summed E-state index contributed by atoms with van der Waals surface area (Å²) in [6.07, 6.45) is 3.53. The molecule has 0 unspecified atom stereocenters. The Morgan fingerprint density at radius 2 is 2.10 bits per heavy atom. The SMILES string of the molecule is CSCCCCNS(=O)(=O)c1cc(N)ccc1[N+](=O)[O-]. The topological polar surface area (TPSA) is 115 Å². The number of nitrogens with zero attached hydrogens (tertiary/aromatic N) is 1. The molecular formula is C11H17N3O4S2. The minimum absolute atomic E-state index is 0.165. The predicted molar refractivity (Wildman–Crippen MR) is 80.3 cm³/mol. The van der Waals surface area contributed by atoms with Crippen LogP contribution >= 0.6 is 11.8 Å². The lowest BCUT2D eigenvalue weighted by molar-refractivity contribution is -0.387. The van der Waals surface area contributed by atoms with Crippen molar-refractivity contribution in [1.29, 1.82) is 0 Å². The average molecular weight is 319 g/mol. The van der Waals surface area contributed by atoms with Crippen LogP contribution in [0.5, 0.6) is 0 Å². The number of nitro benzene ring substituents is 1. The number of nitrogens with two attached hydrogens (primary N) is 1. The van der Waals surface area contributed by atoms with E-state index < -0.39 is 25.5 Å². The summed E-state index contributed by atoms with van der Waals surface area (Å²) in [5.41, 5.74) is 5.19. The van der Waals surface area contributed by atoms with E-state index in [0.717, 1.165) is 24.3 Å². The summed E-state index contributed by atoms with van der Waals surface area (Å²) in [7, 11) is -3.92. The van der Waals surface area contributed by atoms with Crippen LogP contribution in [-0.2, 0) is 10.0 Å². The maximum atomic E-state index is 12.1. The Morgan fingerprint density at radius 3 is 2.70 bits per heavy atom. The van der Waals surface area contributed by atoms with Crippen molar-refractivity contribution in [3.63, 3.8) is 0 Å². The number of unbranched alkanes of at least 4 members (excludes halogenated alkanes) is 1. The first-order valence-corrected chi connectivity index (χ1v) is 8.78. The van der Waals surface area contributed by atoms with E-state index >= 15 is 0 Å². The number of sulfonamides is 1. The molecule has 0 aliphatic rings. The molecule has 0 bridgehead atoms. The minimum atomic E-state index is -3.92. The van der Waals surface area contributed by atoms with Crippen molar-refractivity contribution in [2.45, 2.75) is 17.7 Å². The summed E-state index contributed by atoms with van der Waals surface area (Å²) in [5.74, 6) is 0.945. The largest absolute Gasteiger partial charge is 0.399 e. The fourth-order valence-electron chi connectivity index (χ4n) is 1.55. The first-order valence-electron chi connectivity index (χ1n) is 5.91. The van der Waals surface area contributed by atoms with Crippen LogP contribution < -0.4 is 10.5 Å². The van der Waals surface area contributed by atoms with E-state index in [0.29, 0.717) is 6.42 Å². The summed E-state index contributed by atoms with van der Waals surface area (Å²) >= 11 is 1.68. The lowest BCUT2D eigenvalue weighted by Gasteiger charge is -2.07. The molecule has 0 saturated carbocycles. The lowest BCUT2D eigenvalue weighted by Crippen LogP contribution is -2.25. The van der Waals surface area contributed by atoms with Crippen LogP contribution in [0.15, 0.2) is 23.1 Å². The van der Waals surface area contributed by atoms with Gasteiger partial charge in [-0.2, -0.15) is 11.8 Å². The van der Waals surface area contributed by atoms with Crippen molar-refractivity contribution in [3.05, 3.63) is 28.3 Å². The van der Waals surface area contributed by atoms with Gasteiger partial charge in [0.25, 0.3) is 5.69 Å². The number of rotatable bonds is 8. The standard InChI is InChI=1S/C11H17N3O4S2/c1-19-7-3-2-6-13-20(17,18)11-8-9(12)4-5-10(11)14(15)16/h4-5,8,13H,2-3,6-7,12H2,1H3. The number of nitro groups is 1. The van der Waals surface area contributed by atoms with E-state index in [1.807, 2.05) is 6.26 Å². The number of hydrogen-bond acceptors (Lipinski definition) is 6. The maximum absolute atomic E-state index is 12.1. The second-order valence-electron chi connectivity index (χ2n) is 4.08. The second-order valence-corrected chi connectivity index (χ2v) is 6.80. The number of benzene rings is 1. The molecular weight excluding hydrogens is 302 g/mol. The zero-order valence-corrected chi connectivity index (χ0v) is 12.7. The number of hydrogen-bond donors (Lipinski definition) is 2. The normalized spacial score (nSPS) is 11.4. The Bertz CT molecular complexity index is 575. The molecule has 7 nitrogen and oxygen atoms in total. The zero-order chi connectivity index (χ0) is 15.2. The first-order chi connectivity index (χ1) is 9.38. The van der Waals surface area contributed by atoms with Crippen LogP contribution in [0, 0.1) is 10.1 Å². The number of nitrogens with one attached hydrogen (secondary N) is 1. The highest BCUT2D eigenvalue weighted by atomic mass is 32.2. The summed E-state index contributed by atoms with van der Waals surface area (Å²) in [6, 6.07) is 3.50. The highest BCUT2D eigenvalue weighted by Gasteiger charge is 2.25. The van der Waals surface area contributed by atoms with Crippen LogP contribution in [0.25, 0.3) is 0 Å². The van der Waals surface area contributed by atoms with Gasteiger partial charge in [0, 0.05) is 18.3 Å². The molecule has 3 N–H and O–H groups in total. The third-order valence-corrected chi connectivity index (χ3v) is 4.72. The monoisotopic (exact) mass is 319 g/mol. The Hall–Kier alpha value is -1.32. The molecule has 0 atom stereocenters.